The summed E-state index contributed by atoms with van der Waals surface area (Å²) in [5, 5.41) is 4.53. The Balaban J connectivity index is 1.94. The van der Waals surface area contributed by atoms with Crippen molar-refractivity contribution in [3.63, 3.8) is 0 Å². The quantitative estimate of drug-likeness (QED) is 0.686. The van der Waals surface area contributed by atoms with Crippen LogP contribution in [-0.4, -0.2) is 6.04 Å². The van der Waals surface area contributed by atoms with E-state index in [4.69, 9.17) is 11.6 Å². The number of halogens is 1. The van der Waals surface area contributed by atoms with Crippen LogP contribution in [0, 0.1) is 12.8 Å². The maximum atomic E-state index is 6.09. The second kappa shape index (κ2) is 7.19. The largest absolute Gasteiger partial charge is 0.382 e. The summed E-state index contributed by atoms with van der Waals surface area (Å²) in [5.41, 5.74) is 2.50. The van der Waals surface area contributed by atoms with Crippen LogP contribution in [0.2, 0.25) is 5.02 Å². The summed E-state index contributed by atoms with van der Waals surface area (Å²) in [5.74, 6) is 0.956. The van der Waals surface area contributed by atoms with Crippen molar-refractivity contribution < 1.29 is 0 Å². The van der Waals surface area contributed by atoms with Gasteiger partial charge in [-0.05, 0) is 49.8 Å². The zero-order chi connectivity index (χ0) is 13.7. The average Bonchev–Trinajstić information content (AvgIpc) is 2.60. The van der Waals surface area contributed by atoms with Crippen LogP contribution < -0.4 is 5.32 Å². The zero-order valence-corrected chi connectivity index (χ0v) is 13.0. The van der Waals surface area contributed by atoms with Crippen molar-refractivity contribution in [2.45, 2.75) is 64.8 Å². The molecule has 0 amide bonds. The molecule has 1 fully saturated rings. The molecule has 0 heterocycles. The molecule has 1 N–H and O–H groups in total. The highest BCUT2D eigenvalue weighted by atomic mass is 35.5. The normalized spacial score (nSPS) is 23.9. The minimum absolute atomic E-state index is 0.624. The Morgan fingerprint density at radius 1 is 1.21 bits per heavy atom. The van der Waals surface area contributed by atoms with Crippen LogP contribution >= 0.6 is 11.6 Å². The van der Waals surface area contributed by atoms with Crippen LogP contribution in [-0.2, 0) is 0 Å². The van der Waals surface area contributed by atoms with Gasteiger partial charge in [0, 0.05) is 16.8 Å². The van der Waals surface area contributed by atoms with Crippen molar-refractivity contribution in [2.24, 2.45) is 5.92 Å². The molecule has 0 saturated heterocycles. The monoisotopic (exact) mass is 279 g/mol. The van der Waals surface area contributed by atoms with Gasteiger partial charge in [0.2, 0.25) is 0 Å². The van der Waals surface area contributed by atoms with E-state index in [0.717, 1.165) is 10.9 Å². The number of hydrogen-bond donors (Lipinski definition) is 1. The number of aryl methyl sites for hydroxylation is 1. The highest BCUT2D eigenvalue weighted by Gasteiger charge is 2.18. The van der Waals surface area contributed by atoms with Gasteiger partial charge in [0.15, 0.2) is 0 Å². The van der Waals surface area contributed by atoms with E-state index in [9.17, 15) is 0 Å². The van der Waals surface area contributed by atoms with Gasteiger partial charge in [-0.3, -0.25) is 0 Å². The number of rotatable bonds is 4. The van der Waals surface area contributed by atoms with Crippen LogP contribution in [0.4, 0.5) is 5.69 Å². The Labute approximate surface area is 122 Å². The summed E-state index contributed by atoms with van der Waals surface area (Å²) in [6.45, 7) is 4.45. The third-order valence-electron chi connectivity index (χ3n) is 4.34. The molecule has 1 nitrogen and oxygen atoms in total. The number of hydrogen-bond acceptors (Lipinski definition) is 1. The van der Waals surface area contributed by atoms with Crippen LogP contribution in [0.25, 0.3) is 0 Å². The van der Waals surface area contributed by atoms with Crippen molar-refractivity contribution in [1.82, 2.24) is 0 Å². The Kier molecular flexibility index (Phi) is 5.57. The number of nitrogens with one attached hydrogen (secondary N) is 1. The van der Waals surface area contributed by atoms with E-state index in [1.165, 1.54) is 56.2 Å². The SMILES string of the molecule is CCCC1CCCC(Nc2cc(Cl)ccc2C)CC1. The maximum absolute atomic E-state index is 6.09. The smallest absolute Gasteiger partial charge is 0.0426 e. The van der Waals surface area contributed by atoms with Crippen molar-refractivity contribution >= 4 is 17.3 Å². The van der Waals surface area contributed by atoms with Gasteiger partial charge in [-0.1, -0.05) is 50.3 Å². The predicted molar refractivity (Wildman–Crippen MR) is 85.1 cm³/mol. The molecule has 2 rings (SSSR count). The molecule has 2 unspecified atom stereocenters. The molecular weight excluding hydrogens is 254 g/mol. The fraction of sp³-hybridized carbons (Fsp3) is 0.647. The first-order chi connectivity index (χ1) is 9.19. The fourth-order valence-electron chi connectivity index (χ4n) is 3.19. The molecule has 106 valence electrons. The molecule has 1 saturated carbocycles. The first-order valence-electron chi connectivity index (χ1n) is 7.71. The number of anilines is 1. The zero-order valence-electron chi connectivity index (χ0n) is 12.2. The van der Waals surface area contributed by atoms with Gasteiger partial charge in [0.1, 0.15) is 0 Å². The predicted octanol–water partition coefficient (Wildman–Crippen LogP) is 5.81. The van der Waals surface area contributed by atoms with Crippen LogP contribution in [0.5, 0.6) is 0 Å². The summed E-state index contributed by atoms with van der Waals surface area (Å²) in [4.78, 5) is 0. The van der Waals surface area contributed by atoms with Gasteiger partial charge in [-0.15, -0.1) is 0 Å². The van der Waals surface area contributed by atoms with Crippen molar-refractivity contribution in [3.8, 4) is 0 Å². The topological polar surface area (TPSA) is 12.0 Å². The van der Waals surface area contributed by atoms with Crippen molar-refractivity contribution in [3.05, 3.63) is 28.8 Å². The van der Waals surface area contributed by atoms with E-state index >= 15 is 0 Å². The molecule has 19 heavy (non-hydrogen) atoms. The first kappa shape index (κ1) is 14.7. The number of benzene rings is 1. The Morgan fingerprint density at radius 2 is 2.05 bits per heavy atom. The lowest BCUT2D eigenvalue weighted by Gasteiger charge is -2.20. The fourth-order valence-corrected chi connectivity index (χ4v) is 3.36. The average molecular weight is 280 g/mol. The van der Waals surface area contributed by atoms with Gasteiger partial charge in [-0.2, -0.15) is 0 Å². The van der Waals surface area contributed by atoms with Gasteiger partial charge in [0.05, 0.1) is 0 Å². The summed E-state index contributed by atoms with van der Waals surface area (Å²) >= 11 is 6.09. The second-order valence-corrected chi connectivity index (χ2v) is 6.40. The van der Waals surface area contributed by atoms with Gasteiger partial charge >= 0.3 is 0 Å². The van der Waals surface area contributed by atoms with E-state index in [1.54, 1.807) is 0 Å². The third kappa shape index (κ3) is 4.42. The van der Waals surface area contributed by atoms with E-state index in [0.29, 0.717) is 6.04 Å². The van der Waals surface area contributed by atoms with E-state index in [-0.39, 0.29) is 0 Å². The van der Waals surface area contributed by atoms with Gasteiger partial charge < -0.3 is 5.32 Å². The highest BCUT2D eigenvalue weighted by molar-refractivity contribution is 6.30. The lowest BCUT2D eigenvalue weighted by atomic mass is 9.95. The molecule has 2 heteroatoms. The van der Waals surface area contributed by atoms with E-state index in [2.05, 4.69) is 31.3 Å². The lowest BCUT2D eigenvalue weighted by molar-refractivity contribution is 0.422. The Bertz CT molecular complexity index is 402. The summed E-state index contributed by atoms with van der Waals surface area (Å²) in [6.07, 6.45) is 9.50. The third-order valence-corrected chi connectivity index (χ3v) is 4.58. The minimum Gasteiger partial charge on any atom is -0.382 e. The van der Waals surface area contributed by atoms with Crippen molar-refractivity contribution in [1.29, 1.82) is 0 Å². The van der Waals surface area contributed by atoms with Crippen LogP contribution in [0.15, 0.2) is 18.2 Å². The molecule has 0 radical (unpaired) electrons. The van der Waals surface area contributed by atoms with Gasteiger partial charge in [0.25, 0.3) is 0 Å². The molecule has 2 atom stereocenters. The first-order valence-corrected chi connectivity index (χ1v) is 8.09. The van der Waals surface area contributed by atoms with E-state index in [1.807, 2.05) is 6.07 Å². The summed E-state index contributed by atoms with van der Waals surface area (Å²) in [7, 11) is 0. The van der Waals surface area contributed by atoms with Crippen LogP contribution in [0.1, 0.15) is 57.4 Å². The Morgan fingerprint density at radius 3 is 2.84 bits per heavy atom. The molecule has 0 bridgehead atoms. The highest BCUT2D eigenvalue weighted by Crippen LogP contribution is 2.29. The molecule has 0 spiro atoms. The Hall–Kier alpha value is -0.690. The molecule has 1 aliphatic rings. The lowest BCUT2D eigenvalue weighted by Crippen LogP contribution is -2.19. The second-order valence-electron chi connectivity index (χ2n) is 5.96. The van der Waals surface area contributed by atoms with Crippen LogP contribution in [0.3, 0.4) is 0 Å². The van der Waals surface area contributed by atoms with Crippen molar-refractivity contribution in [2.75, 3.05) is 5.32 Å². The molecular formula is C17H26ClN. The summed E-state index contributed by atoms with van der Waals surface area (Å²) < 4.78 is 0. The standard InChI is InChI=1S/C17H26ClN/c1-3-5-14-6-4-7-16(11-9-14)19-17-12-15(18)10-8-13(17)2/h8,10,12,14,16,19H,3-7,9,11H2,1-2H3. The molecule has 1 aromatic carbocycles. The molecule has 1 aliphatic carbocycles. The maximum Gasteiger partial charge on any atom is 0.0426 e. The molecule has 0 aliphatic heterocycles. The van der Waals surface area contributed by atoms with E-state index < -0.39 is 0 Å². The summed E-state index contributed by atoms with van der Waals surface area (Å²) in [6, 6.07) is 6.75. The molecule has 0 aromatic heterocycles. The van der Waals surface area contributed by atoms with Gasteiger partial charge in [-0.25, -0.2) is 0 Å². The minimum atomic E-state index is 0.624. The molecule has 1 aromatic rings.